The Labute approximate surface area is 154 Å². The number of hydrogen-bond acceptors (Lipinski definition) is 6. The summed E-state index contributed by atoms with van der Waals surface area (Å²) in [7, 11) is -14.0. The molecule has 1 aromatic carbocycles. The minimum atomic E-state index is -7.12. The molecule has 0 saturated heterocycles. The van der Waals surface area contributed by atoms with Crippen LogP contribution in [0.3, 0.4) is 0 Å². The number of alkyl halides is 6. The molecular weight excluding hydrogens is 446 g/mol. The summed E-state index contributed by atoms with van der Waals surface area (Å²) in [5.41, 5.74) is 0.213. The highest BCUT2D eigenvalue weighted by molar-refractivity contribution is 7.88. The largest absolute Gasteiger partial charge is 0.450 e. The number of rotatable bonds is 9. The van der Waals surface area contributed by atoms with E-state index in [1.807, 2.05) is 0 Å². The van der Waals surface area contributed by atoms with E-state index in [2.05, 4.69) is 10.8 Å². The van der Waals surface area contributed by atoms with E-state index in [1.54, 1.807) is 0 Å². The molecular formula is C13H10F6O7S2. The average Bonchev–Trinajstić information content (AvgIpc) is 2.54. The van der Waals surface area contributed by atoms with Gasteiger partial charge in [-0.1, -0.05) is 18.7 Å². The van der Waals surface area contributed by atoms with Crippen molar-refractivity contribution in [2.24, 2.45) is 0 Å². The highest BCUT2D eigenvalue weighted by Crippen LogP contribution is 2.50. The van der Waals surface area contributed by atoms with E-state index < -0.39 is 48.2 Å². The lowest BCUT2D eigenvalue weighted by Crippen LogP contribution is -2.61. The summed E-state index contributed by atoms with van der Waals surface area (Å²) in [6.45, 7) is 3.18. The summed E-state index contributed by atoms with van der Waals surface area (Å²) in [5.74, 6) is -8.59. The quantitative estimate of drug-likeness (QED) is 0.263. The molecule has 7 nitrogen and oxygen atoms in total. The van der Waals surface area contributed by atoms with Crippen molar-refractivity contribution in [2.45, 2.75) is 22.9 Å². The molecule has 0 aromatic heterocycles. The molecule has 0 unspecified atom stereocenters. The average molecular weight is 456 g/mol. The Bertz CT molecular complexity index is 969. The molecule has 0 radical (unpaired) electrons. The Morgan fingerprint density at radius 2 is 1.46 bits per heavy atom. The highest BCUT2D eigenvalue weighted by Gasteiger charge is 2.83. The van der Waals surface area contributed by atoms with Crippen LogP contribution in [0.1, 0.15) is 5.56 Å². The Hall–Kier alpha value is -2.13. The zero-order valence-corrected chi connectivity index (χ0v) is 14.9. The lowest BCUT2D eigenvalue weighted by Gasteiger charge is -2.29. The highest BCUT2D eigenvalue weighted by atomic mass is 32.2. The van der Waals surface area contributed by atoms with Crippen molar-refractivity contribution in [3.8, 4) is 5.75 Å². The van der Waals surface area contributed by atoms with E-state index in [1.165, 1.54) is 0 Å². The van der Waals surface area contributed by atoms with E-state index in [0.717, 1.165) is 18.2 Å². The first-order valence-corrected chi connectivity index (χ1v) is 9.54. The number of carbonyl (C=O) groups excluding carboxylic acids is 1. The van der Waals surface area contributed by atoms with Gasteiger partial charge in [0, 0.05) is 6.42 Å². The van der Waals surface area contributed by atoms with Gasteiger partial charge in [-0.15, -0.1) is 0 Å². The molecule has 1 aromatic rings. The van der Waals surface area contributed by atoms with Gasteiger partial charge < -0.3 is 4.18 Å². The second kappa shape index (κ2) is 7.36. The monoisotopic (exact) mass is 456 g/mol. The molecule has 0 fully saturated rings. The first kappa shape index (κ1) is 23.9. The third kappa shape index (κ3) is 4.15. The van der Waals surface area contributed by atoms with Crippen LogP contribution in [0.25, 0.3) is 0 Å². The van der Waals surface area contributed by atoms with Crippen LogP contribution in [-0.2, 0) is 31.5 Å². The molecule has 0 aliphatic heterocycles. The summed E-state index contributed by atoms with van der Waals surface area (Å²) in [6, 6.07) is 3.27. The van der Waals surface area contributed by atoms with Gasteiger partial charge in [0.05, 0.1) is 0 Å². The minimum absolute atomic E-state index is 0.213. The fourth-order valence-electron chi connectivity index (χ4n) is 1.60. The number of halogens is 6. The number of allylic oxidation sites excluding steroid dienone is 1. The smallest absolute Gasteiger partial charge is 0.378 e. The maximum Gasteiger partial charge on any atom is 0.450 e. The van der Waals surface area contributed by atoms with Crippen molar-refractivity contribution < 1.29 is 56.7 Å². The van der Waals surface area contributed by atoms with Gasteiger partial charge in [0.25, 0.3) is 0 Å². The standard InChI is InChI=1S/C13H10F6O7S2/c1-2-9(20)7-8-3-5-10(6-4-8)26-28(24,25)13(18,19)11(14,15)12(16,17)27(21,22)23/h2-6H,1,7H2,(H,21,22,23). The number of carbonyl (C=O) groups is 1. The molecule has 0 heterocycles. The first-order chi connectivity index (χ1) is 12.4. The first-order valence-electron chi connectivity index (χ1n) is 6.69. The number of ketones is 1. The zero-order chi connectivity index (χ0) is 22.2. The van der Waals surface area contributed by atoms with Crippen LogP contribution in [-0.4, -0.2) is 43.6 Å². The Morgan fingerprint density at radius 1 is 1.00 bits per heavy atom. The Morgan fingerprint density at radius 3 is 1.86 bits per heavy atom. The fourth-order valence-corrected chi connectivity index (χ4v) is 3.03. The van der Waals surface area contributed by atoms with Crippen LogP contribution in [0.2, 0.25) is 0 Å². The maximum atomic E-state index is 13.6. The lowest BCUT2D eigenvalue weighted by molar-refractivity contribution is -0.247. The third-order valence-corrected chi connectivity index (χ3v) is 5.30. The summed E-state index contributed by atoms with van der Waals surface area (Å²) in [4.78, 5) is 11.1. The van der Waals surface area contributed by atoms with E-state index in [-0.39, 0.29) is 12.0 Å². The van der Waals surface area contributed by atoms with Gasteiger partial charge in [0.15, 0.2) is 5.78 Å². The Kier molecular flexibility index (Phi) is 6.29. The van der Waals surface area contributed by atoms with Crippen molar-refractivity contribution in [1.82, 2.24) is 0 Å². The molecule has 0 bridgehead atoms. The van der Waals surface area contributed by atoms with Crippen molar-refractivity contribution >= 4 is 26.0 Å². The van der Waals surface area contributed by atoms with Gasteiger partial charge in [-0.05, 0) is 23.8 Å². The summed E-state index contributed by atoms with van der Waals surface area (Å²) >= 11 is 0. The van der Waals surface area contributed by atoms with Crippen LogP contribution < -0.4 is 4.18 Å². The predicted molar refractivity (Wildman–Crippen MR) is 81.3 cm³/mol. The van der Waals surface area contributed by atoms with E-state index in [0.29, 0.717) is 12.1 Å². The second-order valence-electron chi connectivity index (χ2n) is 5.11. The molecule has 0 aliphatic carbocycles. The van der Waals surface area contributed by atoms with Crippen molar-refractivity contribution in [1.29, 1.82) is 0 Å². The van der Waals surface area contributed by atoms with Crippen molar-refractivity contribution in [3.05, 3.63) is 42.5 Å². The molecule has 1 N–H and O–H groups in total. The molecule has 0 amide bonds. The molecule has 0 saturated carbocycles. The summed E-state index contributed by atoms with van der Waals surface area (Å²) in [6.07, 6.45) is 0.720. The normalized spacial score (nSPS) is 13.8. The van der Waals surface area contributed by atoms with Crippen LogP contribution >= 0.6 is 0 Å². The van der Waals surface area contributed by atoms with Crippen LogP contribution in [0.4, 0.5) is 26.3 Å². The topological polar surface area (TPSA) is 115 Å². The predicted octanol–water partition coefficient (Wildman–Crippen LogP) is 2.40. The van der Waals surface area contributed by atoms with Gasteiger partial charge in [-0.3, -0.25) is 9.35 Å². The third-order valence-electron chi connectivity index (χ3n) is 3.10. The Balaban J connectivity index is 3.24. The molecule has 1 rings (SSSR count). The number of benzene rings is 1. The SMILES string of the molecule is C=CC(=O)Cc1ccc(OS(=O)(=O)C(F)(F)C(F)(F)C(F)(F)S(=O)(=O)O)cc1. The van der Waals surface area contributed by atoms with Crippen LogP contribution in [0, 0.1) is 0 Å². The fraction of sp³-hybridized carbons (Fsp3) is 0.308. The molecule has 0 atom stereocenters. The number of hydrogen-bond donors (Lipinski definition) is 1. The zero-order valence-electron chi connectivity index (χ0n) is 13.3. The van der Waals surface area contributed by atoms with Gasteiger partial charge >= 0.3 is 36.7 Å². The van der Waals surface area contributed by atoms with Gasteiger partial charge in [-0.2, -0.15) is 43.2 Å². The van der Waals surface area contributed by atoms with Gasteiger partial charge in [-0.25, -0.2) is 0 Å². The molecule has 158 valence electrons. The van der Waals surface area contributed by atoms with Gasteiger partial charge in [0.2, 0.25) is 0 Å². The van der Waals surface area contributed by atoms with Crippen molar-refractivity contribution in [3.63, 3.8) is 0 Å². The molecule has 28 heavy (non-hydrogen) atoms. The summed E-state index contributed by atoms with van der Waals surface area (Å²) < 4.78 is 135. The maximum absolute atomic E-state index is 13.6. The van der Waals surface area contributed by atoms with Crippen LogP contribution in [0.15, 0.2) is 36.9 Å². The molecule has 0 spiro atoms. The van der Waals surface area contributed by atoms with E-state index in [4.69, 9.17) is 4.55 Å². The molecule has 15 heteroatoms. The second-order valence-corrected chi connectivity index (χ2v) is 8.16. The van der Waals surface area contributed by atoms with E-state index in [9.17, 15) is 48.0 Å². The van der Waals surface area contributed by atoms with Gasteiger partial charge in [0.1, 0.15) is 5.75 Å². The lowest BCUT2D eigenvalue weighted by atomic mass is 10.1. The summed E-state index contributed by atoms with van der Waals surface area (Å²) in [5, 5.41) is -13.6. The van der Waals surface area contributed by atoms with Crippen LogP contribution in [0.5, 0.6) is 5.75 Å². The molecule has 0 aliphatic rings. The minimum Gasteiger partial charge on any atom is -0.378 e. The van der Waals surface area contributed by atoms with E-state index >= 15 is 0 Å². The van der Waals surface area contributed by atoms with Crippen molar-refractivity contribution in [2.75, 3.05) is 0 Å².